The zero-order valence-corrected chi connectivity index (χ0v) is 19.9. The van der Waals surface area contributed by atoms with Gasteiger partial charge in [0.15, 0.2) is 10.8 Å². The number of benzene rings is 2. The van der Waals surface area contributed by atoms with Crippen molar-refractivity contribution < 1.29 is 19.0 Å². The first-order valence-electron chi connectivity index (χ1n) is 10.3. The number of nitrogens with zero attached hydrogens (tertiary/aromatic N) is 3. The molecule has 0 aliphatic heterocycles. The molecule has 11 heteroatoms. The second-order valence-electron chi connectivity index (χ2n) is 7.23. The molecule has 2 heterocycles. The maximum Gasteiger partial charge on any atom is 0.234 e. The van der Waals surface area contributed by atoms with Crippen LogP contribution in [-0.4, -0.2) is 52.7 Å². The van der Waals surface area contributed by atoms with Crippen LogP contribution < -0.4 is 25.0 Å². The highest BCUT2D eigenvalue weighted by molar-refractivity contribution is 7.99. The van der Waals surface area contributed by atoms with E-state index in [0.717, 1.165) is 11.4 Å². The first-order valence-corrected chi connectivity index (χ1v) is 11.2. The number of carbonyl (C=O) groups excluding carboxylic acids is 1. The predicted octanol–water partition coefficient (Wildman–Crippen LogP) is 3.29. The van der Waals surface area contributed by atoms with E-state index in [0.29, 0.717) is 39.1 Å². The normalized spacial score (nSPS) is 10.8. The highest BCUT2D eigenvalue weighted by Gasteiger charge is 2.17. The van der Waals surface area contributed by atoms with Crippen LogP contribution in [0.4, 0.5) is 5.69 Å². The van der Waals surface area contributed by atoms with E-state index in [9.17, 15) is 4.79 Å². The van der Waals surface area contributed by atoms with E-state index in [-0.39, 0.29) is 17.1 Å². The molecule has 0 bridgehead atoms. The molecule has 0 atom stereocenters. The molecule has 1 amide bonds. The molecule has 176 valence electrons. The SMILES string of the molecule is COc1ccc(-n2c(SCC(=O)Nc3ccc(OC)cc3OC)nc3n[nH]c(C)c3c2=N)cc1. The van der Waals surface area contributed by atoms with Gasteiger partial charge in [-0.25, -0.2) is 4.98 Å². The molecule has 2 aromatic carbocycles. The summed E-state index contributed by atoms with van der Waals surface area (Å²) in [7, 11) is 4.68. The maximum atomic E-state index is 12.8. The lowest BCUT2D eigenvalue weighted by Crippen LogP contribution is -2.23. The minimum atomic E-state index is -0.249. The third-order valence-electron chi connectivity index (χ3n) is 5.13. The van der Waals surface area contributed by atoms with Gasteiger partial charge in [-0.05, 0) is 43.3 Å². The monoisotopic (exact) mass is 480 g/mol. The van der Waals surface area contributed by atoms with E-state index >= 15 is 0 Å². The zero-order chi connectivity index (χ0) is 24.2. The molecule has 0 aliphatic rings. The Morgan fingerprint density at radius 2 is 1.79 bits per heavy atom. The Balaban J connectivity index is 1.63. The van der Waals surface area contributed by atoms with Crippen molar-refractivity contribution in [3.63, 3.8) is 0 Å². The highest BCUT2D eigenvalue weighted by Crippen LogP contribution is 2.29. The average molecular weight is 481 g/mol. The molecule has 0 fully saturated rings. The topological polar surface area (TPSA) is 127 Å². The molecule has 0 saturated carbocycles. The standard InChI is InChI=1S/C23H24N6O4S/c1-13-20-21(24)29(14-5-7-15(31-2)8-6-14)23(26-22(20)28-27-13)34-12-19(30)25-17-10-9-16(32-3)11-18(17)33-4/h5-11,24H,12H2,1-4H3,(H,25,30)(H,27,28). The Morgan fingerprint density at radius 1 is 1.09 bits per heavy atom. The largest absolute Gasteiger partial charge is 0.497 e. The number of hydrogen-bond acceptors (Lipinski definition) is 8. The molecule has 0 saturated heterocycles. The second-order valence-corrected chi connectivity index (χ2v) is 8.17. The van der Waals surface area contributed by atoms with Crippen LogP contribution in [0.15, 0.2) is 47.6 Å². The van der Waals surface area contributed by atoms with Crippen LogP contribution in [0.5, 0.6) is 17.2 Å². The fourth-order valence-corrected chi connectivity index (χ4v) is 4.22. The molecule has 4 aromatic rings. The maximum absolute atomic E-state index is 12.8. The minimum Gasteiger partial charge on any atom is -0.497 e. The second kappa shape index (κ2) is 9.87. The zero-order valence-electron chi connectivity index (χ0n) is 19.1. The number of H-pyrrole nitrogens is 1. The van der Waals surface area contributed by atoms with Crippen molar-refractivity contribution in [2.75, 3.05) is 32.4 Å². The van der Waals surface area contributed by atoms with Gasteiger partial charge in [0.25, 0.3) is 0 Å². The van der Waals surface area contributed by atoms with Crippen LogP contribution in [0.1, 0.15) is 5.69 Å². The summed E-state index contributed by atoms with van der Waals surface area (Å²) in [6.07, 6.45) is 0. The van der Waals surface area contributed by atoms with Gasteiger partial charge in [-0.15, -0.1) is 0 Å². The van der Waals surface area contributed by atoms with Crippen LogP contribution in [0.25, 0.3) is 16.7 Å². The number of ether oxygens (including phenoxy) is 3. The molecular weight excluding hydrogens is 456 g/mol. The number of aromatic amines is 1. The van der Waals surface area contributed by atoms with Crippen molar-refractivity contribution >= 4 is 34.4 Å². The van der Waals surface area contributed by atoms with Gasteiger partial charge in [-0.1, -0.05) is 11.8 Å². The van der Waals surface area contributed by atoms with Crippen LogP contribution in [0.2, 0.25) is 0 Å². The molecule has 10 nitrogen and oxygen atoms in total. The van der Waals surface area contributed by atoms with Crippen LogP contribution in [0, 0.1) is 12.3 Å². The van der Waals surface area contributed by atoms with Gasteiger partial charge in [0.2, 0.25) is 5.91 Å². The van der Waals surface area contributed by atoms with Crippen molar-refractivity contribution in [3.8, 4) is 22.9 Å². The summed E-state index contributed by atoms with van der Waals surface area (Å²) in [5.74, 6) is 1.63. The molecule has 0 radical (unpaired) electrons. The van der Waals surface area contributed by atoms with Crippen LogP contribution in [-0.2, 0) is 4.79 Å². The van der Waals surface area contributed by atoms with Crippen molar-refractivity contribution in [2.45, 2.75) is 12.1 Å². The number of hydrogen-bond donors (Lipinski definition) is 3. The number of methoxy groups -OCH3 is 3. The third kappa shape index (κ3) is 4.55. The molecule has 34 heavy (non-hydrogen) atoms. The lowest BCUT2D eigenvalue weighted by Gasteiger charge is -2.14. The molecule has 0 aliphatic carbocycles. The Kier molecular flexibility index (Phi) is 6.73. The van der Waals surface area contributed by atoms with Gasteiger partial charge in [0.05, 0.1) is 38.2 Å². The number of aromatic nitrogens is 4. The van der Waals surface area contributed by atoms with E-state index in [1.807, 2.05) is 31.2 Å². The minimum absolute atomic E-state index is 0.0622. The summed E-state index contributed by atoms with van der Waals surface area (Å²) in [5.41, 5.74) is 2.65. The quantitative estimate of drug-likeness (QED) is 0.261. The molecular formula is C23H24N6O4S. The van der Waals surface area contributed by atoms with Gasteiger partial charge < -0.3 is 19.5 Å². The van der Waals surface area contributed by atoms with E-state index in [2.05, 4.69) is 20.5 Å². The van der Waals surface area contributed by atoms with E-state index < -0.39 is 0 Å². The lowest BCUT2D eigenvalue weighted by molar-refractivity contribution is -0.113. The highest BCUT2D eigenvalue weighted by atomic mass is 32.2. The fraction of sp³-hybridized carbons (Fsp3) is 0.217. The number of rotatable bonds is 8. The van der Waals surface area contributed by atoms with E-state index in [1.54, 1.807) is 37.0 Å². The van der Waals surface area contributed by atoms with Crippen molar-refractivity contribution in [1.82, 2.24) is 19.7 Å². The molecule has 0 unspecified atom stereocenters. The average Bonchev–Trinajstić information content (AvgIpc) is 3.23. The van der Waals surface area contributed by atoms with Gasteiger partial charge in [-0.2, -0.15) is 5.10 Å². The van der Waals surface area contributed by atoms with E-state index in [1.165, 1.54) is 18.9 Å². The molecule has 4 rings (SSSR count). The first kappa shape index (κ1) is 23.2. The fourth-order valence-electron chi connectivity index (χ4n) is 3.41. The van der Waals surface area contributed by atoms with E-state index in [4.69, 9.17) is 19.6 Å². The lowest BCUT2D eigenvalue weighted by atomic mass is 10.2. The van der Waals surface area contributed by atoms with Crippen molar-refractivity contribution in [1.29, 1.82) is 5.41 Å². The number of nitrogens with one attached hydrogen (secondary N) is 3. The number of aryl methyl sites for hydroxylation is 1. The first-order chi connectivity index (χ1) is 16.4. The van der Waals surface area contributed by atoms with Gasteiger partial charge >= 0.3 is 0 Å². The summed E-state index contributed by atoms with van der Waals surface area (Å²) in [6.45, 7) is 1.84. The molecule has 0 spiro atoms. The van der Waals surface area contributed by atoms with Gasteiger partial charge in [0.1, 0.15) is 22.7 Å². The molecule has 2 aromatic heterocycles. The number of amides is 1. The van der Waals surface area contributed by atoms with Gasteiger partial charge in [-0.3, -0.25) is 19.9 Å². The number of carbonyl (C=O) groups is 1. The Labute approximate surface area is 199 Å². The van der Waals surface area contributed by atoms with Crippen LogP contribution in [0.3, 0.4) is 0 Å². The Hall–Kier alpha value is -3.99. The number of thioether (sulfide) groups is 1. The summed E-state index contributed by atoms with van der Waals surface area (Å²) >= 11 is 1.21. The Morgan fingerprint density at radius 3 is 2.47 bits per heavy atom. The predicted molar refractivity (Wildman–Crippen MR) is 129 cm³/mol. The van der Waals surface area contributed by atoms with Crippen molar-refractivity contribution in [3.05, 3.63) is 53.6 Å². The summed E-state index contributed by atoms with van der Waals surface area (Å²) < 4.78 is 17.5. The number of anilines is 1. The summed E-state index contributed by atoms with van der Waals surface area (Å²) in [6, 6.07) is 12.5. The summed E-state index contributed by atoms with van der Waals surface area (Å²) in [4.78, 5) is 17.4. The Bertz CT molecular complexity index is 1400. The molecule has 3 N–H and O–H groups in total. The smallest absolute Gasteiger partial charge is 0.234 e. The van der Waals surface area contributed by atoms with Crippen LogP contribution >= 0.6 is 11.8 Å². The number of fused-ring (bicyclic) bond motifs is 1. The van der Waals surface area contributed by atoms with Crippen molar-refractivity contribution in [2.24, 2.45) is 0 Å². The third-order valence-corrected chi connectivity index (χ3v) is 6.07. The summed E-state index contributed by atoms with van der Waals surface area (Å²) in [5, 5.41) is 19.8. The van der Waals surface area contributed by atoms with Gasteiger partial charge in [0, 0.05) is 17.4 Å².